The number of hydrogen-bond acceptors (Lipinski definition) is 5. The highest BCUT2D eigenvalue weighted by Crippen LogP contribution is 2.30. The molecule has 0 aromatic heterocycles. The zero-order chi connectivity index (χ0) is 16.4. The summed E-state index contributed by atoms with van der Waals surface area (Å²) in [6, 6.07) is -0.0353. The van der Waals surface area contributed by atoms with Crippen molar-refractivity contribution in [1.82, 2.24) is 15.1 Å². The maximum Gasteiger partial charge on any atom is 0.345 e. The SMILES string of the molecule is CCOC(=O)C1=CNC2=C(C(=N)N(C)C)CCC(C)N2C1=O. The molecule has 2 heterocycles. The lowest BCUT2D eigenvalue weighted by atomic mass is 9.96. The first-order valence-electron chi connectivity index (χ1n) is 7.35. The van der Waals surface area contributed by atoms with Gasteiger partial charge >= 0.3 is 5.97 Å². The number of nitrogens with zero attached hydrogens (tertiary/aromatic N) is 2. The van der Waals surface area contributed by atoms with E-state index in [1.165, 1.54) is 6.20 Å². The third-order valence-corrected chi connectivity index (χ3v) is 3.81. The number of ether oxygens (including phenoxy) is 1. The van der Waals surface area contributed by atoms with E-state index >= 15 is 0 Å². The minimum absolute atomic E-state index is 0.00455. The van der Waals surface area contributed by atoms with E-state index in [-0.39, 0.29) is 24.1 Å². The van der Waals surface area contributed by atoms with Crippen LogP contribution in [0.15, 0.2) is 23.2 Å². The van der Waals surface area contributed by atoms with Gasteiger partial charge in [-0.05, 0) is 26.7 Å². The van der Waals surface area contributed by atoms with Crippen molar-refractivity contribution in [3.8, 4) is 0 Å². The van der Waals surface area contributed by atoms with E-state index < -0.39 is 5.97 Å². The quantitative estimate of drug-likeness (QED) is 0.349. The Bertz CT molecular complexity index is 577. The van der Waals surface area contributed by atoms with Gasteiger partial charge in [0.2, 0.25) is 0 Å². The summed E-state index contributed by atoms with van der Waals surface area (Å²) in [6.45, 7) is 3.85. The molecular weight excluding hydrogens is 284 g/mol. The third kappa shape index (κ3) is 2.70. The van der Waals surface area contributed by atoms with E-state index in [1.807, 2.05) is 6.92 Å². The summed E-state index contributed by atoms with van der Waals surface area (Å²) in [6.07, 6.45) is 2.85. The molecule has 0 aromatic carbocycles. The molecule has 7 nitrogen and oxygen atoms in total. The van der Waals surface area contributed by atoms with Crippen molar-refractivity contribution in [3.05, 3.63) is 23.2 Å². The molecule has 0 saturated carbocycles. The normalized spacial score (nSPS) is 20.9. The van der Waals surface area contributed by atoms with Gasteiger partial charge in [-0.3, -0.25) is 15.1 Å². The molecule has 0 fully saturated rings. The number of nitrogens with one attached hydrogen (secondary N) is 2. The monoisotopic (exact) mass is 306 g/mol. The lowest BCUT2D eigenvalue weighted by Gasteiger charge is -2.40. The third-order valence-electron chi connectivity index (χ3n) is 3.81. The van der Waals surface area contributed by atoms with Gasteiger partial charge in [0.1, 0.15) is 17.2 Å². The summed E-state index contributed by atoms with van der Waals surface area (Å²) in [5, 5.41) is 11.2. The largest absolute Gasteiger partial charge is 0.462 e. The number of carbonyl (C=O) groups excluding carboxylic acids is 2. The van der Waals surface area contributed by atoms with Crippen LogP contribution in [0.25, 0.3) is 0 Å². The smallest absolute Gasteiger partial charge is 0.345 e. The van der Waals surface area contributed by atoms with Crippen LogP contribution in [0.5, 0.6) is 0 Å². The highest BCUT2D eigenvalue weighted by atomic mass is 16.5. The molecule has 2 aliphatic heterocycles. The number of esters is 1. The van der Waals surface area contributed by atoms with Crippen molar-refractivity contribution in [1.29, 1.82) is 5.41 Å². The van der Waals surface area contributed by atoms with Gasteiger partial charge in [0, 0.05) is 31.9 Å². The number of carbonyl (C=O) groups is 2. The highest BCUT2D eigenvalue weighted by molar-refractivity contribution is 6.17. The average molecular weight is 306 g/mol. The van der Waals surface area contributed by atoms with E-state index in [0.717, 1.165) is 12.0 Å². The van der Waals surface area contributed by atoms with Crippen LogP contribution in [0.3, 0.4) is 0 Å². The Balaban J connectivity index is 2.42. The first-order chi connectivity index (χ1) is 10.4. The van der Waals surface area contributed by atoms with E-state index in [2.05, 4.69) is 5.32 Å². The Morgan fingerprint density at radius 1 is 1.55 bits per heavy atom. The minimum atomic E-state index is -0.624. The predicted molar refractivity (Wildman–Crippen MR) is 81.8 cm³/mol. The molecule has 1 amide bonds. The zero-order valence-corrected chi connectivity index (χ0v) is 13.4. The van der Waals surface area contributed by atoms with Gasteiger partial charge in [-0.15, -0.1) is 0 Å². The molecule has 0 aliphatic carbocycles. The molecule has 22 heavy (non-hydrogen) atoms. The molecule has 2 N–H and O–H groups in total. The van der Waals surface area contributed by atoms with Crippen LogP contribution in [0.1, 0.15) is 26.7 Å². The molecule has 2 aliphatic rings. The van der Waals surface area contributed by atoms with Crippen LogP contribution in [0.4, 0.5) is 0 Å². The van der Waals surface area contributed by atoms with Crippen molar-refractivity contribution in [3.63, 3.8) is 0 Å². The van der Waals surface area contributed by atoms with Gasteiger partial charge in [0.05, 0.1) is 6.61 Å². The van der Waals surface area contributed by atoms with Gasteiger partial charge in [-0.25, -0.2) is 4.79 Å². The Kier molecular flexibility index (Phi) is 4.54. The molecule has 0 spiro atoms. The van der Waals surface area contributed by atoms with E-state index in [0.29, 0.717) is 18.1 Å². The Morgan fingerprint density at radius 2 is 2.23 bits per heavy atom. The van der Waals surface area contributed by atoms with Crippen molar-refractivity contribution < 1.29 is 14.3 Å². The summed E-state index contributed by atoms with van der Waals surface area (Å²) in [7, 11) is 3.59. The number of amides is 1. The second-order valence-corrected chi connectivity index (χ2v) is 5.56. The van der Waals surface area contributed by atoms with Crippen LogP contribution in [-0.4, -0.2) is 54.3 Å². The van der Waals surface area contributed by atoms with Crippen molar-refractivity contribution >= 4 is 17.7 Å². The first kappa shape index (κ1) is 16.1. The summed E-state index contributed by atoms with van der Waals surface area (Å²) < 4.78 is 4.92. The predicted octanol–water partition coefficient (Wildman–Crippen LogP) is 0.798. The minimum Gasteiger partial charge on any atom is -0.462 e. The number of likely N-dealkylation sites (N-methyl/N-ethyl adjacent to an activating group) is 1. The summed E-state index contributed by atoms with van der Waals surface area (Å²) in [5.41, 5.74) is 0.769. The van der Waals surface area contributed by atoms with Crippen LogP contribution in [0.2, 0.25) is 0 Å². The highest BCUT2D eigenvalue weighted by Gasteiger charge is 2.38. The average Bonchev–Trinajstić information content (AvgIpc) is 2.47. The number of rotatable bonds is 3. The topological polar surface area (TPSA) is 85.7 Å². The summed E-state index contributed by atoms with van der Waals surface area (Å²) in [4.78, 5) is 27.8. The zero-order valence-electron chi connectivity index (χ0n) is 13.4. The molecule has 2 rings (SSSR count). The van der Waals surface area contributed by atoms with Crippen molar-refractivity contribution in [2.45, 2.75) is 32.7 Å². The summed E-state index contributed by atoms with van der Waals surface area (Å²) in [5.74, 6) is -0.0415. The van der Waals surface area contributed by atoms with E-state index in [9.17, 15) is 9.59 Å². The van der Waals surface area contributed by atoms with E-state index in [1.54, 1.807) is 30.8 Å². The fourth-order valence-corrected chi connectivity index (χ4v) is 2.61. The number of hydrogen-bond donors (Lipinski definition) is 2. The molecule has 0 aromatic rings. The van der Waals surface area contributed by atoms with Crippen LogP contribution in [0, 0.1) is 5.41 Å². The lowest BCUT2D eigenvalue weighted by Crippen LogP contribution is -2.50. The van der Waals surface area contributed by atoms with Crippen LogP contribution >= 0.6 is 0 Å². The van der Waals surface area contributed by atoms with Gasteiger partial charge in [0.25, 0.3) is 5.91 Å². The second-order valence-electron chi connectivity index (χ2n) is 5.56. The second kappa shape index (κ2) is 6.21. The molecule has 120 valence electrons. The van der Waals surface area contributed by atoms with Crippen molar-refractivity contribution in [2.75, 3.05) is 20.7 Å². The standard InChI is InChI=1S/C15H22N4O3/c1-5-22-15(21)11-8-17-13-10(12(16)18(3)4)7-6-9(2)19(13)14(11)20/h8-9,16-17H,5-7H2,1-4H3. The Hall–Kier alpha value is -2.31. The van der Waals surface area contributed by atoms with Gasteiger partial charge in [-0.1, -0.05) is 0 Å². The fourth-order valence-electron chi connectivity index (χ4n) is 2.61. The van der Waals surface area contributed by atoms with Gasteiger partial charge in [0.15, 0.2) is 0 Å². The van der Waals surface area contributed by atoms with E-state index in [4.69, 9.17) is 10.1 Å². The molecule has 0 radical (unpaired) electrons. The first-order valence-corrected chi connectivity index (χ1v) is 7.35. The Labute approximate surface area is 130 Å². The Morgan fingerprint density at radius 3 is 2.82 bits per heavy atom. The van der Waals surface area contributed by atoms with Crippen LogP contribution in [-0.2, 0) is 14.3 Å². The molecule has 1 unspecified atom stereocenters. The van der Waals surface area contributed by atoms with Gasteiger partial charge in [-0.2, -0.15) is 0 Å². The number of amidine groups is 1. The number of fused-ring (bicyclic) bond motifs is 1. The lowest BCUT2D eigenvalue weighted by molar-refractivity contribution is -0.142. The molecule has 7 heteroatoms. The van der Waals surface area contributed by atoms with Crippen LogP contribution < -0.4 is 5.32 Å². The molecule has 0 saturated heterocycles. The maximum atomic E-state index is 12.6. The molecule has 0 bridgehead atoms. The molecule has 1 atom stereocenters. The fraction of sp³-hybridized carbons (Fsp3) is 0.533. The molecular formula is C15H22N4O3. The summed E-state index contributed by atoms with van der Waals surface area (Å²) >= 11 is 0. The van der Waals surface area contributed by atoms with Crippen molar-refractivity contribution in [2.24, 2.45) is 0 Å². The van der Waals surface area contributed by atoms with Gasteiger partial charge < -0.3 is 15.0 Å². The maximum absolute atomic E-state index is 12.6.